The summed E-state index contributed by atoms with van der Waals surface area (Å²) in [6.07, 6.45) is 7.67. The molecule has 6 heterocycles. The maximum atomic E-state index is 13.5. The molecule has 10 nitrogen and oxygen atoms in total. The number of benzene rings is 1. The number of imide groups is 1. The third kappa shape index (κ3) is 4.30. The molecule has 1 aromatic carbocycles. The average molecular weight is 552 g/mol. The van der Waals surface area contributed by atoms with Crippen molar-refractivity contribution in [1.29, 1.82) is 0 Å². The van der Waals surface area contributed by atoms with Gasteiger partial charge >= 0.3 is 6.03 Å². The van der Waals surface area contributed by atoms with Crippen molar-refractivity contribution in [3.8, 4) is 0 Å². The van der Waals surface area contributed by atoms with Gasteiger partial charge in [-0.15, -0.1) is 0 Å². The number of nitrogens with one attached hydrogen (secondary N) is 1. The number of rotatable bonds is 4. The summed E-state index contributed by atoms with van der Waals surface area (Å²) in [4.78, 5) is 50.5. The highest BCUT2D eigenvalue weighted by atomic mass is 16.2. The number of hydrogen-bond donors (Lipinski definition) is 1. The maximum Gasteiger partial charge on any atom is 0.320 e. The van der Waals surface area contributed by atoms with E-state index >= 15 is 0 Å². The molecular formula is C31H33N7O3. The number of piperidine rings is 1. The highest BCUT2D eigenvalue weighted by Crippen LogP contribution is 2.38. The van der Waals surface area contributed by atoms with E-state index in [1.807, 2.05) is 70.0 Å². The summed E-state index contributed by atoms with van der Waals surface area (Å²) in [7, 11) is 4.06. The summed E-state index contributed by atoms with van der Waals surface area (Å²) in [5, 5.41) is 3.40. The van der Waals surface area contributed by atoms with Crippen LogP contribution in [0, 0.1) is 5.92 Å². The Morgan fingerprint density at radius 1 is 1.02 bits per heavy atom. The van der Waals surface area contributed by atoms with Gasteiger partial charge in [-0.05, 0) is 56.6 Å². The second-order valence-electron chi connectivity index (χ2n) is 11.5. The Hall–Kier alpha value is -4.44. The molecule has 0 spiro atoms. The van der Waals surface area contributed by atoms with Crippen molar-refractivity contribution in [3.63, 3.8) is 0 Å². The normalized spacial score (nSPS) is 18.4. The van der Waals surface area contributed by atoms with E-state index in [9.17, 15) is 14.4 Å². The van der Waals surface area contributed by atoms with E-state index in [2.05, 4.69) is 26.8 Å². The van der Waals surface area contributed by atoms with Crippen LogP contribution in [0.5, 0.6) is 0 Å². The van der Waals surface area contributed by atoms with Gasteiger partial charge in [0, 0.05) is 56.6 Å². The van der Waals surface area contributed by atoms with Crippen LogP contribution < -0.4 is 5.32 Å². The van der Waals surface area contributed by atoms with Gasteiger partial charge in [-0.2, -0.15) is 0 Å². The van der Waals surface area contributed by atoms with Crippen molar-refractivity contribution in [1.82, 2.24) is 34.0 Å². The molecule has 1 N–H and O–H groups in total. The zero-order valence-electron chi connectivity index (χ0n) is 23.3. The number of hydrogen-bond acceptors (Lipinski definition) is 5. The molecule has 3 aliphatic heterocycles. The van der Waals surface area contributed by atoms with Gasteiger partial charge in [0.15, 0.2) is 0 Å². The highest BCUT2D eigenvalue weighted by Gasteiger charge is 2.36. The van der Waals surface area contributed by atoms with Crippen LogP contribution in [-0.4, -0.2) is 86.8 Å². The van der Waals surface area contributed by atoms with Gasteiger partial charge in [0.1, 0.15) is 5.65 Å². The number of fused-ring (bicyclic) bond motifs is 1. The number of likely N-dealkylation sites (tertiary alicyclic amines) is 1. The van der Waals surface area contributed by atoms with E-state index in [0.717, 1.165) is 48.9 Å². The quantitative estimate of drug-likeness (QED) is 0.394. The molecule has 210 valence electrons. The monoisotopic (exact) mass is 551 g/mol. The van der Waals surface area contributed by atoms with Crippen molar-refractivity contribution in [2.24, 2.45) is 5.92 Å². The molecule has 7 rings (SSSR count). The van der Waals surface area contributed by atoms with Crippen molar-refractivity contribution in [3.05, 3.63) is 71.8 Å². The first-order chi connectivity index (χ1) is 19.9. The first-order valence-corrected chi connectivity index (χ1v) is 14.2. The maximum absolute atomic E-state index is 13.5. The summed E-state index contributed by atoms with van der Waals surface area (Å²) >= 11 is 0. The van der Waals surface area contributed by atoms with E-state index in [0.29, 0.717) is 53.6 Å². The third-order valence-electron chi connectivity index (χ3n) is 8.79. The van der Waals surface area contributed by atoms with Crippen LogP contribution in [0.2, 0.25) is 0 Å². The summed E-state index contributed by atoms with van der Waals surface area (Å²) in [6, 6.07) is 11.7. The first-order valence-electron chi connectivity index (χ1n) is 14.2. The van der Waals surface area contributed by atoms with Crippen LogP contribution in [-0.2, 0) is 22.7 Å². The fourth-order valence-electron chi connectivity index (χ4n) is 6.64. The zero-order valence-corrected chi connectivity index (χ0v) is 23.3. The van der Waals surface area contributed by atoms with Gasteiger partial charge in [-0.25, -0.2) is 9.78 Å². The molecule has 0 unspecified atom stereocenters. The molecule has 3 aliphatic rings. The van der Waals surface area contributed by atoms with Crippen molar-refractivity contribution < 1.29 is 14.4 Å². The number of imidazole rings is 1. The number of nitrogens with zero attached hydrogens (tertiary/aromatic N) is 6. The molecule has 4 aromatic rings. The lowest BCUT2D eigenvalue weighted by Gasteiger charge is -2.33. The van der Waals surface area contributed by atoms with Crippen LogP contribution in [0.1, 0.15) is 29.7 Å². The Morgan fingerprint density at radius 2 is 1.83 bits per heavy atom. The van der Waals surface area contributed by atoms with Gasteiger partial charge in [0.2, 0.25) is 0 Å². The van der Waals surface area contributed by atoms with Gasteiger partial charge in [0.25, 0.3) is 11.8 Å². The van der Waals surface area contributed by atoms with Crippen LogP contribution >= 0.6 is 0 Å². The Kier molecular flexibility index (Phi) is 6.15. The fraction of sp³-hybridized carbons (Fsp3) is 0.355. The third-order valence-corrected chi connectivity index (χ3v) is 8.79. The number of urea groups is 1. The number of amides is 4. The first kappa shape index (κ1) is 25.5. The Labute approximate surface area is 237 Å². The summed E-state index contributed by atoms with van der Waals surface area (Å²) in [6.45, 7) is 4.56. The molecule has 10 heteroatoms. The molecule has 0 saturated carbocycles. The van der Waals surface area contributed by atoms with Gasteiger partial charge < -0.3 is 19.3 Å². The van der Waals surface area contributed by atoms with Crippen molar-refractivity contribution in [2.75, 3.05) is 40.3 Å². The van der Waals surface area contributed by atoms with Crippen LogP contribution in [0.4, 0.5) is 4.79 Å². The van der Waals surface area contributed by atoms with E-state index in [-0.39, 0.29) is 6.03 Å². The lowest BCUT2D eigenvalue weighted by atomic mass is 9.97. The minimum atomic E-state index is -0.427. The average Bonchev–Trinajstić information content (AvgIpc) is 3.60. The van der Waals surface area contributed by atoms with Gasteiger partial charge in [-0.1, -0.05) is 24.3 Å². The van der Waals surface area contributed by atoms with Crippen LogP contribution in [0.15, 0.2) is 55.0 Å². The predicted octanol–water partition coefficient (Wildman–Crippen LogP) is 3.07. The van der Waals surface area contributed by atoms with Gasteiger partial charge in [-0.3, -0.25) is 19.3 Å². The molecule has 4 amide bonds. The van der Waals surface area contributed by atoms with E-state index in [4.69, 9.17) is 0 Å². The minimum Gasteiger partial charge on any atom is -0.345 e. The lowest BCUT2D eigenvalue weighted by molar-refractivity contribution is -0.122. The number of para-hydroxylation sites is 1. The molecule has 1 fully saturated rings. The Morgan fingerprint density at radius 3 is 2.66 bits per heavy atom. The van der Waals surface area contributed by atoms with E-state index in [1.54, 1.807) is 6.20 Å². The number of carbonyl (C=O) groups is 3. The molecule has 0 bridgehead atoms. The molecule has 0 radical (unpaired) electrons. The second-order valence-corrected chi connectivity index (χ2v) is 11.5. The smallest absolute Gasteiger partial charge is 0.320 e. The van der Waals surface area contributed by atoms with Crippen molar-refractivity contribution >= 4 is 45.5 Å². The number of carbonyl (C=O) groups excluding carboxylic acids is 3. The number of pyridine rings is 1. The minimum absolute atomic E-state index is 0.0466. The van der Waals surface area contributed by atoms with E-state index in [1.165, 1.54) is 0 Å². The SMILES string of the molecule is CN1CCC(CN(C)C(=O)N2CCn3cc(C4=C(c5cnc6ccccn56)C(=O)NC4=O)c4cccc(c43)C2)CC1. The summed E-state index contributed by atoms with van der Waals surface area (Å²) in [5.74, 6) is -0.309. The van der Waals surface area contributed by atoms with Gasteiger partial charge in [0.05, 0.1) is 28.6 Å². The highest BCUT2D eigenvalue weighted by molar-refractivity contribution is 6.49. The topological polar surface area (TPSA) is 95.2 Å². The molecule has 3 aromatic heterocycles. The van der Waals surface area contributed by atoms with Crippen LogP contribution in [0.25, 0.3) is 27.7 Å². The van der Waals surface area contributed by atoms with Crippen molar-refractivity contribution in [2.45, 2.75) is 25.9 Å². The summed E-state index contributed by atoms with van der Waals surface area (Å²) < 4.78 is 3.95. The molecular weight excluding hydrogens is 518 g/mol. The molecule has 41 heavy (non-hydrogen) atoms. The predicted molar refractivity (Wildman–Crippen MR) is 156 cm³/mol. The Balaban J connectivity index is 1.23. The van der Waals surface area contributed by atoms with Crippen LogP contribution in [0.3, 0.4) is 0 Å². The molecule has 1 saturated heterocycles. The standard InChI is InChI=1S/C31H33N7O3/c1-34-12-9-20(10-13-34)17-35(2)31(41)37-15-14-36-19-23(22-7-5-6-21(18-37)28(22)36)26-27(30(40)33-29(26)39)24-16-32-25-8-3-4-11-38(24)25/h3-8,11,16,19-20H,9-10,12-15,17-18H2,1-2H3,(H,33,39,40). The second kappa shape index (κ2) is 9.88. The molecule has 0 aliphatic carbocycles. The fourth-order valence-corrected chi connectivity index (χ4v) is 6.64. The van der Waals surface area contributed by atoms with E-state index < -0.39 is 11.8 Å². The zero-order chi connectivity index (χ0) is 28.2. The lowest BCUT2D eigenvalue weighted by Crippen LogP contribution is -2.44. The summed E-state index contributed by atoms with van der Waals surface area (Å²) in [5.41, 5.74) is 4.68. The molecule has 0 atom stereocenters. The largest absolute Gasteiger partial charge is 0.345 e. The number of aromatic nitrogens is 3. The Bertz CT molecular complexity index is 1740.